The van der Waals surface area contributed by atoms with Gasteiger partial charge in [0.15, 0.2) is 0 Å². The van der Waals surface area contributed by atoms with Crippen molar-refractivity contribution in [1.29, 1.82) is 0 Å². The maximum absolute atomic E-state index is 5.30. The van der Waals surface area contributed by atoms with Gasteiger partial charge in [-0.05, 0) is 6.42 Å². The minimum atomic E-state index is 0.163. The zero-order valence-electron chi connectivity index (χ0n) is 9.42. The van der Waals surface area contributed by atoms with Gasteiger partial charge in [0, 0.05) is 17.6 Å². The molecule has 0 aliphatic carbocycles. The molecule has 0 aliphatic rings. The van der Waals surface area contributed by atoms with Crippen LogP contribution in [0.1, 0.15) is 24.4 Å². The van der Waals surface area contributed by atoms with Gasteiger partial charge in [-0.25, -0.2) is 20.8 Å². The Morgan fingerprint density at radius 1 is 1.35 bits per heavy atom. The van der Waals surface area contributed by atoms with E-state index in [0.29, 0.717) is 5.82 Å². The Morgan fingerprint density at radius 2 is 2.18 bits per heavy atom. The summed E-state index contributed by atoms with van der Waals surface area (Å²) in [5.41, 5.74) is 2.49. The zero-order chi connectivity index (χ0) is 12.1. The van der Waals surface area contributed by atoms with E-state index in [1.54, 1.807) is 23.6 Å². The Labute approximate surface area is 103 Å². The number of aromatic nitrogens is 3. The summed E-state index contributed by atoms with van der Waals surface area (Å²) < 4.78 is 0. The second-order valence-corrected chi connectivity index (χ2v) is 4.33. The Hall–Kier alpha value is -1.73. The van der Waals surface area contributed by atoms with Gasteiger partial charge >= 0.3 is 0 Å². The third-order valence-electron chi connectivity index (χ3n) is 2.29. The van der Waals surface area contributed by atoms with Crippen molar-refractivity contribution in [1.82, 2.24) is 15.0 Å². The molecule has 2 aromatic heterocycles. The molecule has 0 saturated carbocycles. The van der Waals surface area contributed by atoms with Gasteiger partial charge in [0.25, 0.3) is 0 Å². The van der Waals surface area contributed by atoms with Crippen molar-refractivity contribution in [3.63, 3.8) is 0 Å². The predicted octanol–water partition coefficient (Wildman–Crippen LogP) is 1.78. The minimum absolute atomic E-state index is 0.163. The van der Waals surface area contributed by atoms with Gasteiger partial charge in [0.2, 0.25) is 0 Å². The summed E-state index contributed by atoms with van der Waals surface area (Å²) in [5.74, 6) is 6.61. The highest BCUT2D eigenvalue weighted by Crippen LogP contribution is 2.23. The highest BCUT2D eigenvalue weighted by atomic mass is 32.1. The predicted molar refractivity (Wildman–Crippen MR) is 68.6 cm³/mol. The summed E-state index contributed by atoms with van der Waals surface area (Å²) in [6, 6.07) is 1.92. The fourth-order valence-corrected chi connectivity index (χ4v) is 2.21. The van der Waals surface area contributed by atoms with Crippen LogP contribution in [0.2, 0.25) is 0 Å². The first-order valence-electron chi connectivity index (χ1n) is 5.28. The molecule has 0 fully saturated rings. The SMILES string of the molecule is CCC(Nc1cc(NN)ncn1)c1nccs1. The monoisotopic (exact) mass is 250 g/mol. The quantitative estimate of drug-likeness (QED) is 0.553. The molecule has 7 heteroatoms. The average molecular weight is 250 g/mol. The average Bonchev–Trinajstić information content (AvgIpc) is 2.90. The Bertz CT molecular complexity index is 458. The molecule has 2 heterocycles. The van der Waals surface area contributed by atoms with Gasteiger partial charge in [-0.15, -0.1) is 11.3 Å². The molecule has 0 spiro atoms. The van der Waals surface area contributed by atoms with Gasteiger partial charge in [0.1, 0.15) is 23.0 Å². The lowest BCUT2D eigenvalue weighted by Crippen LogP contribution is -2.13. The molecule has 0 amide bonds. The fraction of sp³-hybridized carbons (Fsp3) is 0.300. The second kappa shape index (κ2) is 5.55. The van der Waals surface area contributed by atoms with E-state index >= 15 is 0 Å². The van der Waals surface area contributed by atoms with Crippen LogP contribution < -0.4 is 16.6 Å². The molecular weight excluding hydrogens is 236 g/mol. The van der Waals surface area contributed by atoms with E-state index in [2.05, 4.69) is 32.6 Å². The molecule has 0 saturated heterocycles. The van der Waals surface area contributed by atoms with Crippen molar-refractivity contribution < 1.29 is 0 Å². The van der Waals surface area contributed by atoms with E-state index in [1.165, 1.54) is 6.33 Å². The lowest BCUT2D eigenvalue weighted by Gasteiger charge is -2.15. The third kappa shape index (κ3) is 2.89. The number of rotatable bonds is 5. The number of nitrogens with one attached hydrogen (secondary N) is 2. The molecule has 4 N–H and O–H groups in total. The Balaban J connectivity index is 2.13. The van der Waals surface area contributed by atoms with Crippen molar-refractivity contribution in [2.24, 2.45) is 5.84 Å². The number of nitrogens with two attached hydrogens (primary N) is 1. The molecule has 0 aliphatic heterocycles. The van der Waals surface area contributed by atoms with Crippen LogP contribution in [-0.4, -0.2) is 15.0 Å². The number of hydrazine groups is 1. The first kappa shape index (κ1) is 11.7. The number of hydrogen-bond acceptors (Lipinski definition) is 7. The van der Waals surface area contributed by atoms with Crippen molar-refractivity contribution >= 4 is 23.0 Å². The van der Waals surface area contributed by atoms with Crippen molar-refractivity contribution in [3.05, 3.63) is 29.0 Å². The van der Waals surface area contributed by atoms with Crippen LogP contribution in [-0.2, 0) is 0 Å². The summed E-state index contributed by atoms with van der Waals surface area (Å²) in [6.07, 6.45) is 4.20. The molecule has 1 atom stereocenters. The fourth-order valence-electron chi connectivity index (χ4n) is 1.44. The maximum Gasteiger partial charge on any atom is 0.145 e. The summed E-state index contributed by atoms with van der Waals surface area (Å²) in [4.78, 5) is 12.4. The van der Waals surface area contributed by atoms with E-state index < -0.39 is 0 Å². The van der Waals surface area contributed by atoms with E-state index in [1.807, 2.05) is 5.38 Å². The summed E-state index contributed by atoms with van der Waals surface area (Å²) in [7, 11) is 0. The lowest BCUT2D eigenvalue weighted by molar-refractivity contribution is 0.737. The van der Waals surface area contributed by atoms with Gasteiger partial charge in [0.05, 0.1) is 6.04 Å². The lowest BCUT2D eigenvalue weighted by atomic mass is 10.2. The van der Waals surface area contributed by atoms with Gasteiger partial charge < -0.3 is 10.7 Å². The van der Waals surface area contributed by atoms with E-state index in [-0.39, 0.29) is 6.04 Å². The molecule has 0 aromatic carbocycles. The highest BCUT2D eigenvalue weighted by molar-refractivity contribution is 7.09. The number of nitrogens with zero attached hydrogens (tertiary/aromatic N) is 3. The molecular formula is C10H14N6S. The van der Waals surface area contributed by atoms with Crippen LogP contribution in [0.25, 0.3) is 0 Å². The molecule has 17 heavy (non-hydrogen) atoms. The van der Waals surface area contributed by atoms with Crippen LogP contribution in [0.5, 0.6) is 0 Å². The Morgan fingerprint density at radius 3 is 2.82 bits per heavy atom. The van der Waals surface area contributed by atoms with Crippen molar-refractivity contribution in [3.8, 4) is 0 Å². The minimum Gasteiger partial charge on any atom is -0.361 e. The molecule has 90 valence electrons. The molecule has 2 aromatic rings. The van der Waals surface area contributed by atoms with E-state index in [9.17, 15) is 0 Å². The van der Waals surface area contributed by atoms with Crippen LogP contribution in [0, 0.1) is 0 Å². The molecule has 1 unspecified atom stereocenters. The van der Waals surface area contributed by atoms with Gasteiger partial charge in [-0.3, -0.25) is 0 Å². The molecule has 0 bridgehead atoms. The standard InChI is InChI=1S/C10H14N6S/c1-2-7(10-12-3-4-17-10)15-8-5-9(16-11)14-6-13-8/h3-7H,2,11H2,1H3,(H2,13,14,15,16). The first-order chi connectivity index (χ1) is 8.33. The first-order valence-corrected chi connectivity index (χ1v) is 6.16. The number of hydrogen-bond donors (Lipinski definition) is 3. The molecule has 6 nitrogen and oxygen atoms in total. The summed E-state index contributed by atoms with van der Waals surface area (Å²) >= 11 is 1.63. The van der Waals surface area contributed by atoms with Crippen LogP contribution >= 0.6 is 11.3 Å². The van der Waals surface area contributed by atoms with Gasteiger partial charge in [-0.2, -0.15) is 0 Å². The summed E-state index contributed by atoms with van der Waals surface area (Å²) in [6.45, 7) is 2.10. The highest BCUT2D eigenvalue weighted by Gasteiger charge is 2.12. The molecule has 2 rings (SSSR count). The smallest absolute Gasteiger partial charge is 0.145 e. The Kier molecular flexibility index (Phi) is 3.84. The number of anilines is 2. The maximum atomic E-state index is 5.30. The normalized spacial score (nSPS) is 12.1. The van der Waals surface area contributed by atoms with Crippen LogP contribution in [0.15, 0.2) is 24.0 Å². The number of thiazole rings is 1. The summed E-state index contributed by atoms with van der Waals surface area (Å²) in [5, 5.41) is 6.32. The molecule has 0 radical (unpaired) electrons. The van der Waals surface area contributed by atoms with Crippen LogP contribution in [0.3, 0.4) is 0 Å². The topological polar surface area (TPSA) is 88.8 Å². The zero-order valence-corrected chi connectivity index (χ0v) is 10.2. The van der Waals surface area contributed by atoms with Crippen molar-refractivity contribution in [2.75, 3.05) is 10.7 Å². The van der Waals surface area contributed by atoms with Crippen LogP contribution in [0.4, 0.5) is 11.6 Å². The van der Waals surface area contributed by atoms with E-state index in [0.717, 1.165) is 17.2 Å². The largest absolute Gasteiger partial charge is 0.361 e. The third-order valence-corrected chi connectivity index (χ3v) is 3.18. The van der Waals surface area contributed by atoms with E-state index in [4.69, 9.17) is 5.84 Å². The van der Waals surface area contributed by atoms with Crippen molar-refractivity contribution in [2.45, 2.75) is 19.4 Å². The number of nitrogen functional groups attached to an aromatic ring is 1. The second-order valence-electron chi connectivity index (χ2n) is 3.41. The van der Waals surface area contributed by atoms with Gasteiger partial charge in [-0.1, -0.05) is 6.92 Å².